The summed E-state index contributed by atoms with van der Waals surface area (Å²) in [5.41, 5.74) is 5.65. The number of hydrogen-bond donors (Lipinski definition) is 0. The maximum atomic E-state index is 5.00. The Bertz CT molecular complexity index is 1160. The fourth-order valence-electron chi connectivity index (χ4n) is 4.34. The Kier molecular flexibility index (Phi) is 5.29. The summed E-state index contributed by atoms with van der Waals surface area (Å²) < 4.78 is 4.23. The van der Waals surface area contributed by atoms with Gasteiger partial charge in [-0.25, -0.2) is 4.98 Å². The van der Waals surface area contributed by atoms with E-state index in [1.807, 2.05) is 35.4 Å². The second kappa shape index (κ2) is 8.24. The van der Waals surface area contributed by atoms with E-state index in [1.54, 1.807) is 0 Å². The fourth-order valence-corrected chi connectivity index (χ4v) is 4.34. The Morgan fingerprint density at radius 2 is 1.90 bits per heavy atom. The third kappa shape index (κ3) is 3.98. The molecule has 4 aromatic heterocycles. The van der Waals surface area contributed by atoms with Crippen LogP contribution in [0.3, 0.4) is 0 Å². The van der Waals surface area contributed by atoms with Gasteiger partial charge in [0.1, 0.15) is 5.65 Å². The van der Waals surface area contributed by atoms with Gasteiger partial charge in [-0.1, -0.05) is 6.07 Å². The summed E-state index contributed by atoms with van der Waals surface area (Å²) >= 11 is 0. The molecule has 0 spiro atoms. The molecule has 31 heavy (non-hydrogen) atoms. The first-order chi connectivity index (χ1) is 15.1. The molecule has 0 aromatic carbocycles. The molecule has 7 heteroatoms. The van der Waals surface area contributed by atoms with Crippen LogP contribution in [-0.2, 0) is 6.54 Å². The molecule has 1 fully saturated rings. The first-order valence-corrected chi connectivity index (χ1v) is 10.9. The molecule has 0 unspecified atom stereocenters. The highest BCUT2D eigenvalue weighted by molar-refractivity contribution is 5.63. The maximum absolute atomic E-state index is 5.00. The van der Waals surface area contributed by atoms with Crippen molar-refractivity contribution in [2.24, 2.45) is 0 Å². The molecule has 1 atom stereocenters. The van der Waals surface area contributed by atoms with Gasteiger partial charge >= 0.3 is 0 Å². The van der Waals surface area contributed by atoms with Crippen LogP contribution in [0.2, 0.25) is 0 Å². The molecule has 1 aliphatic rings. The Morgan fingerprint density at radius 3 is 2.68 bits per heavy atom. The Morgan fingerprint density at radius 1 is 1.06 bits per heavy atom. The van der Waals surface area contributed by atoms with Gasteiger partial charge in [0, 0.05) is 68.1 Å². The summed E-state index contributed by atoms with van der Waals surface area (Å²) in [6.45, 7) is 8.27. The van der Waals surface area contributed by atoms with Crippen molar-refractivity contribution in [1.29, 1.82) is 0 Å². The van der Waals surface area contributed by atoms with Crippen molar-refractivity contribution < 1.29 is 0 Å². The van der Waals surface area contributed by atoms with Crippen LogP contribution in [0.5, 0.6) is 0 Å². The highest BCUT2D eigenvalue weighted by Gasteiger charge is 2.28. The van der Waals surface area contributed by atoms with Crippen molar-refractivity contribution >= 4 is 5.65 Å². The van der Waals surface area contributed by atoms with Crippen LogP contribution in [0.25, 0.3) is 16.9 Å². The number of fused-ring (bicyclic) bond motifs is 1. The van der Waals surface area contributed by atoms with Crippen LogP contribution in [-0.4, -0.2) is 60.6 Å². The van der Waals surface area contributed by atoms with Gasteiger partial charge < -0.3 is 0 Å². The van der Waals surface area contributed by atoms with E-state index in [1.165, 1.54) is 5.56 Å². The number of likely N-dealkylation sites (N-methyl/N-ethyl adjacent to an activating group) is 1. The summed E-state index contributed by atoms with van der Waals surface area (Å²) in [5.74, 6) is 0. The van der Waals surface area contributed by atoms with Crippen LogP contribution in [0.1, 0.15) is 37.2 Å². The van der Waals surface area contributed by atoms with E-state index in [4.69, 9.17) is 4.98 Å². The molecule has 0 N–H and O–H groups in total. The van der Waals surface area contributed by atoms with E-state index >= 15 is 0 Å². The van der Waals surface area contributed by atoms with Gasteiger partial charge in [0.25, 0.3) is 0 Å². The first-order valence-electron chi connectivity index (χ1n) is 10.9. The quantitative estimate of drug-likeness (QED) is 0.498. The second-order valence-electron chi connectivity index (χ2n) is 8.69. The van der Waals surface area contributed by atoms with E-state index in [0.717, 1.165) is 48.8 Å². The average Bonchev–Trinajstić information content (AvgIpc) is 3.42. The lowest BCUT2D eigenvalue weighted by Gasteiger charge is -2.38. The maximum Gasteiger partial charge on any atom is 0.137 e. The summed E-state index contributed by atoms with van der Waals surface area (Å²) in [7, 11) is 2.20. The summed E-state index contributed by atoms with van der Waals surface area (Å²) in [5, 5.41) is 4.50. The van der Waals surface area contributed by atoms with E-state index in [0.29, 0.717) is 6.04 Å². The van der Waals surface area contributed by atoms with E-state index < -0.39 is 0 Å². The smallest absolute Gasteiger partial charge is 0.137 e. The normalized spacial score (nSPS) is 18.3. The van der Waals surface area contributed by atoms with Gasteiger partial charge in [0.05, 0.1) is 23.6 Å². The second-order valence-corrected chi connectivity index (χ2v) is 8.69. The minimum Gasteiger partial charge on any atom is -0.299 e. The van der Waals surface area contributed by atoms with Crippen LogP contribution in [0.15, 0.2) is 61.3 Å². The van der Waals surface area contributed by atoms with Crippen molar-refractivity contribution in [3.05, 3.63) is 72.6 Å². The van der Waals surface area contributed by atoms with Crippen LogP contribution >= 0.6 is 0 Å². The van der Waals surface area contributed by atoms with E-state index in [2.05, 4.69) is 75.8 Å². The molecule has 0 amide bonds. The lowest BCUT2D eigenvalue weighted by Crippen LogP contribution is -2.46. The Hall–Kier alpha value is -3.03. The number of pyridine rings is 2. The Balaban J connectivity index is 1.40. The van der Waals surface area contributed by atoms with Crippen molar-refractivity contribution in [3.8, 4) is 11.3 Å². The average molecular weight is 416 g/mol. The number of nitrogens with zero attached hydrogens (tertiary/aromatic N) is 7. The fraction of sp³-hybridized carbons (Fsp3) is 0.375. The Labute approximate surface area is 183 Å². The highest BCUT2D eigenvalue weighted by atomic mass is 15.3. The van der Waals surface area contributed by atoms with Crippen molar-refractivity contribution in [2.75, 3.05) is 26.7 Å². The number of hydrogen-bond acceptors (Lipinski definition) is 5. The molecule has 5 rings (SSSR count). The number of aromatic nitrogens is 5. The summed E-state index contributed by atoms with van der Waals surface area (Å²) in [4.78, 5) is 14.1. The zero-order valence-electron chi connectivity index (χ0n) is 18.4. The van der Waals surface area contributed by atoms with Gasteiger partial charge in [-0.2, -0.15) is 5.10 Å². The minimum atomic E-state index is 0.263. The van der Waals surface area contributed by atoms with Gasteiger partial charge in [0.15, 0.2) is 0 Å². The third-order valence-electron chi connectivity index (χ3n) is 6.15. The molecule has 5 heterocycles. The molecular formula is C24H29N7. The molecule has 4 aromatic rings. The van der Waals surface area contributed by atoms with Crippen LogP contribution < -0.4 is 0 Å². The van der Waals surface area contributed by atoms with E-state index in [9.17, 15) is 0 Å². The number of rotatable bonds is 5. The van der Waals surface area contributed by atoms with E-state index in [-0.39, 0.29) is 6.04 Å². The van der Waals surface area contributed by atoms with Gasteiger partial charge in [-0.3, -0.25) is 23.9 Å². The monoisotopic (exact) mass is 415 g/mol. The number of imidazole rings is 1. The molecule has 1 aliphatic heterocycles. The van der Waals surface area contributed by atoms with Crippen LogP contribution in [0.4, 0.5) is 0 Å². The highest BCUT2D eigenvalue weighted by Crippen LogP contribution is 2.27. The first kappa shape index (κ1) is 19.9. The lowest BCUT2D eigenvalue weighted by molar-refractivity contribution is 0.0885. The topological polar surface area (TPSA) is 54.5 Å². The largest absolute Gasteiger partial charge is 0.299 e. The van der Waals surface area contributed by atoms with Gasteiger partial charge in [-0.15, -0.1) is 0 Å². The molecule has 1 saturated heterocycles. The molecule has 0 saturated carbocycles. The van der Waals surface area contributed by atoms with Gasteiger partial charge in [-0.05, 0) is 45.2 Å². The van der Waals surface area contributed by atoms with Crippen LogP contribution in [0, 0.1) is 0 Å². The van der Waals surface area contributed by atoms with Crippen molar-refractivity contribution in [3.63, 3.8) is 0 Å². The van der Waals surface area contributed by atoms with Gasteiger partial charge in [0.2, 0.25) is 0 Å². The zero-order chi connectivity index (χ0) is 21.4. The summed E-state index contributed by atoms with van der Waals surface area (Å²) in [6.07, 6.45) is 10.0. The van der Waals surface area contributed by atoms with Crippen molar-refractivity contribution in [1.82, 2.24) is 33.9 Å². The SMILES string of the molecule is CC(C)n1cc(CN2CCN(C)[C@H](c3cn4c(-c5ccncc5)cccc4n3)C2)cn1. The molecule has 7 nitrogen and oxygen atoms in total. The molecule has 0 bridgehead atoms. The standard InChI is InChI=1S/C24H29N7/c1-18(2)31-15-19(13-26-31)14-29-12-11-28(3)23(17-29)21-16-30-22(5-4-6-24(30)27-21)20-7-9-25-10-8-20/h4-10,13,15-16,18,23H,11-12,14,17H2,1-3H3/t23-/m0/s1. The predicted octanol–water partition coefficient (Wildman–Crippen LogP) is 3.66. The molecular weight excluding hydrogens is 386 g/mol. The molecule has 0 radical (unpaired) electrons. The summed E-state index contributed by atoms with van der Waals surface area (Å²) in [6, 6.07) is 11.0. The zero-order valence-corrected chi connectivity index (χ0v) is 18.4. The number of piperazine rings is 1. The molecule has 160 valence electrons. The van der Waals surface area contributed by atoms with Crippen molar-refractivity contribution in [2.45, 2.75) is 32.5 Å². The molecule has 0 aliphatic carbocycles. The minimum absolute atomic E-state index is 0.263. The third-order valence-corrected chi connectivity index (χ3v) is 6.15. The lowest BCUT2D eigenvalue weighted by atomic mass is 10.1. The predicted molar refractivity (Wildman–Crippen MR) is 122 cm³/mol.